The zero-order chi connectivity index (χ0) is 22.3. The molecule has 2 aliphatic rings. The Bertz CT molecular complexity index is 1120. The van der Waals surface area contributed by atoms with Gasteiger partial charge in [-0.05, 0) is 29.8 Å². The van der Waals surface area contributed by atoms with E-state index in [1.54, 1.807) is 0 Å². The summed E-state index contributed by atoms with van der Waals surface area (Å²) in [6.07, 6.45) is -2.73. The lowest BCUT2D eigenvalue weighted by Gasteiger charge is -2.35. The number of carbonyl (C=O) groups is 2. The van der Waals surface area contributed by atoms with E-state index in [0.717, 1.165) is 42.5 Å². The van der Waals surface area contributed by atoms with Crippen LogP contribution in [0.2, 0.25) is 0 Å². The fraction of sp³-hybridized carbons (Fsp3) is 0.158. The topological polar surface area (TPSA) is 131 Å². The maximum Gasteiger partial charge on any atom is 0.424 e. The van der Waals surface area contributed by atoms with Gasteiger partial charge < -0.3 is 19.9 Å². The number of hydrogen-bond acceptors (Lipinski definition) is 7. The largest absolute Gasteiger partial charge is 0.424 e. The Hall–Kier alpha value is -3.90. The highest BCUT2D eigenvalue weighted by Crippen LogP contribution is 2.39. The molecule has 0 saturated heterocycles. The van der Waals surface area contributed by atoms with Gasteiger partial charge in [-0.25, -0.2) is 23.3 Å². The first-order valence-corrected chi connectivity index (χ1v) is 8.80. The number of rotatable bonds is 3. The van der Waals surface area contributed by atoms with Crippen molar-refractivity contribution < 1.29 is 37.9 Å². The third-order valence-electron chi connectivity index (χ3n) is 4.74. The monoisotopic (exact) mass is 433 g/mol. The van der Waals surface area contributed by atoms with Gasteiger partial charge in [0.05, 0.1) is 23.3 Å². The summed E-state index contributed by atoms with van der Waals surface area (Å²) in [6.45, 7) is -0.159. The fourth-order valence-electron chi connectivity index (χ4n) is 3.32. The fourth-order valence-corrected chi connectivity index (χ4v) is 3.32. The molecule has 2 aromatic rings. The van der Waals surface area contributed by atoms with Crippen molar-refractivity contribution in [1.29, 1.82) is 0 Å². The van der Waals surface area contributed by atoms with Gasteiger partial charge in [-0.15, -0.1) is 0 Å². The van der Waals surface area contributed by atoms with Gasteiger partial charge in [-0.2, -0.15) is 0 Å². The van der Waals surface area contributed by atoms with Crippen molar-refractivity contribution in [2.45, 2.75) is 12.3 Å². The normalized spacial score (nSPS) is 20.4. The van der Waals surface area contributed by atoms with E-state index in [0.29, 0.717) is 4.90 Å². The molecule has 10 nitrogen and oxygen atoms in total. The van der Waals surface area contributed by atoms with Crippen molar-refractivity contribution in [2.75, 3.05) is 6.61 Å². The molecule has 2 atom stereocenters. The second kappa shape index (κ2) is 7.74. The smallest absolute Gasteiger partial charge is 0.410 e. The summed E-state index contributed by atoms with van der Waals surface area (Å²) in [6, 6.07) is 4.98. The summed E-state index contributed by atoms with van der Waals surface area (Å²) < 4.78 is 37.5. The van der Waals surface area contributed by atoms with Crippen LogP contribution in [0.1, 0.15) is 11.6 Å². The Morgan fingerprint density at radius 2 is 1.94 bits per heavy atom. The molecule has 0 fully saturated rings. The molecule has 2 unspecified atom stereocenters. The zero-order valence-electron chi connectivity index (χ0n) is 15.5. The number of nitro benzene ring substituents is 1. The Kier molecular flexibility index (Phi) is 5.09. The van der Waals surface area contributed by atoms with Crippen LogP contribution in [-0.4, -0.2) is 40.0 Å². The highest BCUT2D eigenvalue weighted by molar-refractivity contribution is 5.95. The van der Waals surface area contributed by atoms with Crippen LogP contribution >= 0.6 is 0 Å². The van der Waals surface area contributed by atoms with Crippen molar-refractivity contribution in [3.63, 3.8) is 0 Å². The van der Waals surface area contributed by atoms with Crippen LogP contribution in [-0.2, 0) is 4.74 Å². The minimum atomic E-state index is -1.51. The predicted molar refractivity (Wildman–Crippen MR) is 97.6 cm³/mol. The standard InChI is InChI=1S/C19H13F2N3O7/c20-12-6-1-9(7-13(12)21)16-15-14(8-30-17(15)25)22-18(26)23(16)19(27)31-11-4-2-10(3-5-11)24(28)29/h1-7,16-17,25H,8H2,(H,22,26). The molecule has 0 aliphatic carbocycles. The van der Waals surface area contributed by atoms with Gasteiger partial charge in [0, 0.05) is 17.7 Å². The summed E-state index contributed by atoms with van der Waals surface area (Å²) in [4.78, 5) is 36.1. The molecule has 2 heterocycles. The number of aliphatic hydroxyl groups excluding tert-OH is 1. The van der Waals surface area contributed by atoms with Crippen LogP contribution in [0.25, 0.3) is 0 Å². The number of nitrogens with one attached hydrogen (secondary N) is 1. The lowest BCUT2D eigenvalue weighted by atomic mass is 9.94. The first-order valence-electron chi connectivity index (χ1n) is 8.80. The van der Waals surface area contributed by atoms with E-state index in [4.69, 9.17) is 9.47 Å². The maximum atomic E-state index is 13.9. The van der Waals surface area contributed by atoms with Crippen LogP contribution in [0, 0.1) is 21.7 Å². The van der Waals surface area contributed by atoms with E-state index in [-0.39, 0.29) is 34.9 Å². The number of nitro groups is 1. The van der Waals surface area contributed by atoms with Crippen molar-refractivity contribution in [1.82, 2.24) is 10.2 Å². The third-order valence-corrected chi connectivity index (χ3v) is 4.74. The average Bonchev–Trinajstić information content (AvgIpc) is 3.09. The SMILES string of the molecule is O=C1NC2=C(C(O)OC2)C(c2ccc(F)c(F)c2)N1C(=O)Oc1ccc([N+](=O)[O-])cc1. The van der Waals surface area contributed by atoms with Crippen LogP contribution < -0.4 is 10.1 Å². The van der Waals surface area contributed by atoms with E-state index < -0.39 is 41.0 Å². The van der Waals surface area contributed by atoms with E-state index in [9.17, 15) is 33.6 Å². The molecule has 2 N–H and O–H groups in total. The van der Waals surface area contributed by atoms with Gasteiger partial charge in [0.2, 0.25) is 0 Å². The molecule has 2 aliphatic heterocycles. The van der Waals surface area contributed by atoms with Crippen LogP contribution in [0.3, 0.4) is 0 Å². The number of halogens is 2. The number of imide groups is 1. The van der Waals surface area contributed by atoms with E-state index in [2.05, 4.69) is 5.32 Å². The van der Waals surface area contributed by atoms with E-state index in [1.165, 1.54) is 0 Å². The molecule has 0 saturated carbocycles. The molecule has 0 spiro atoms. The molecule has 0 bridgehead atoms. The van der Waals surface area contributed by atoms with Crippen LogP contribution in [0.4, 0.5) is 24.1 Å². The van der Waals surface area contributed by atoms with Crippen molar-refractivity contribution in [3.05, 3.63) is 81.0 Å². The highest BCUT2D eigenvalue weighted by Gasteiger charge is 2.46. The Balaban J connectivity index is 1.71. The zero-order valence-corrected chi connectivity index (χ0v) is 15.5. The Morgan fingerprint density at radius 1 is 1.23 bits per heavy atom. The molecular weight excluding hydrogens is 420 g/mol. The van der Waals surface area contributed by atoms with Crippen LogP contribution in [0.5, 0.6) is 5.75 Å². The van der Waals surface area contributed by atoms with Crippen molar-refractivity contribution in [2.24, 2.45) is 0 Å². The molecule has 4 rings (SSSR count). The molecule has 31 heavy (non-hydrogen) atoms. The van der Waals surface area contributed by atoms with Crippen molar-refractivity contribution >= 4 is 17.8 Å². The summed E-state index contributed by atoms with van der Waals surface area (Å²) in [5, 5.41) is 23.3. The summed E-state index contributed by atoms with van der Waals surface area (Å²) >= 11 is 0. The van der Waals surface area contributed by atoms with Gasteiger partial charge in [0.15, 0.2) is 17.9 Å². The van der Waals surface area contributed by atoms with Gasteiger partial charge in [-0.1, -0.05) is 6.07 Å². The first-order chi connectivity index (χ1) is 14.8. The number of nitrogens with zero attached hydrogens (tertiary/aromatic N) is 2. The Morgan fingerprint density at radius 3 is 2.58 bits per heavy atom. The molecule has 2 aromatic carbocycles. The number of aliphatic hydroxyl groups is 1. The number of carbonyl (C=O) groups excluding carboxylic acids is 2. The third kappa shape index (κ3) is 3.69. The first kappa shape index (κ1) is 20.4. The summed E-state index contributed by atoms with van der Waals surface area (Å²) in [7, 11) is 0. The minimum absolute atomic E-state index is 0.00792. The van der Waals surface area contributed by atoms with Gasteiger partial charge in [0.25, 0.3) is 5.69 Å². The molecule has 160 valence electrons. The van der Waals surface area contributed by atoms with Gasteiger partial charge >= 0.3 is 12.1 Å². The second-order valence-electron chi connectivity index (χ2n) is 6.59. The maximum absolute atomic E-state index is 13.9. The van der Waals surface area contributed by atoms with Crippen molar-refractivity contribution in [3.8, 4) is 5.75 Å². The molecular formula is C19H13F2N3O7. The minimum Gasteiger partial charge on any atom is -0.410 e. The van der Waals surface area contributed by atoms with Gasteiger partial charge in [-0.3, -0.25) is 10.1 Å². The number of hydrogen-bond donors (Lipinski definition) is 2. The summed E-state index contributed by atoms with van der Waals surface area (Å²) in [5.74, 6) is -2.46. The van der Waals surface area contributed by atoms with Crippen LogP contribution in [0.15, 0.2) is 53.7 Å². The molecule has 12 heteroatoms. The number of urea groups is 1. The molecule has 3 amide bonds. The van der Waals surface area contributed by atoms with Gasteiger partial charge in [0.1, 0.15) is 5.75 Å². The summed E-state index contributed by atoms with van der Waals surface area (Å²) in [5.41, 5.74) is 0.000490. The van der Waals surface area contributed by atoms with E-state index >= 15 is 0 Å². The number of non-ortho nitro benzene ring substituents is 1. The number of amides is 3. The number of ether oxygens (including phenoxy) is 2. The quantitative estimate of drug-likeness (QED) is 0.562. The predicted octanol–water partition coefficient (Wildman–Crippen LogP) is 2.74. The molecule has 0 aromatic heterocycles. The Labute approximate surface area is 172 Å². The highest BCUT2D eigenvalue weighted by atomic mass is 19.2. The lowest BCUT2D eigenvalue weighted by molar-refractivity contribution is -0.384. The second-order valence-corrected chi connectivity index (χ2v) is 6.59. The molecule has 0 radical (unpaired) electrons. The van der Waals surface area contributed by atoms with E-state index in [1.807, 2.05) is 0 Å². The number of benzene rings is 2. The average molecular weight is 433 g/mol. The lowest BCUT2D eigenvalue weighted by Crippen LogP contribution is -2.51.